The average molecular weight is 372 g/mol. The molecule has 0 aliphatic carbocycles. The van der Waals surface area contributed by atoms with Crippen LogP contribution in [0.3, 0.4) is 0 Å². The Bertz CT molecular complexity index is 565. The number of benzene rings is 1. The molecule has 150 valence electrons. The van der Waals surface area contributed by atoms with Gasteiger partial charge in [0.15, 0.2) is 5.96 Å². The van der Waals surface area contributed by atoms with Crippen molar-refractivity contribution in [1.29, 1.82) is 0 Å². The number of hydrogen-bond donors (Lipinski definition) is 2. The van der Waals surface area contributed by atoms with Crippen molar-refractivity contribution in [3.8, 4) is 0 Å². The Hall–Kier alpha value is -1.75. The van der Waals surface area contributed by atoms with Gasteiger partial charge < -0.3 is 20.4 Å². The molecule has 5 nitrogen and oxygen atoms in total. The van der Waals surface area contributed by atoms with Crippen LogP contribution in [-0.2, 0) is 0 Å². The van der Waals surface area contributed by atoms with Crippen LogP contribution in [0.1, 0.15) is 39.5 Å². The predicted molar refractivity (Wildman–Crippen MR) is 116 cm³/mol. The topological polar surface area (TPSA) is 42.9 Å². The highest BCUT2D eigenvalue weighted by molar-refractivity contribution is 5.80. The molecular formula is C22H37N5. The van der Waals surface area contributed by atoms with Gasteiger partial charge in [0.2, 0.25) is 0 Å². The second-order valence-electron chi connectivity index (χ2n) is 7.92. The van der Waals surface area contributed by atoms with E-state index in [1.807, 2.05) is 0 Å². The summed E-state index contributed by atoms with van der Waals surface area (Å²) >= 11 is 0. The monoisotopic (exact) mass is 371 g/mol. The Morgan fingerprint density at radius 2 is 1.85 bits per heavy atom. The molecule has 5 heteroatoms. The smallest absolute Gasteiger partial charge is 0.191 e. The summed E-state index contributed by atoms with van der Waals surface area (Å²) in [4.78, 5) is 10.00. The first-order chi connectivity index (χ1) is 13.3. The molecule has 2 aliphatic rings. The number of anilines is 1. The van der Waals surface area contributed by atoms with Crippen molar-refractivity contribution in [3.63, 3.8) is 0 Å². The van der Waals surface area contributed by atoms with Crippen LogP contribution in [-0.4, -0.2) is 62.7 Å². The molecule has 1 atom stereocenters. The second-order valence-corrected chi connectivity index (χ2v) is 7.92. The summed E-state index contributed by atoms with van der Waals surface area (Å²) in [7, 11) is 0. The Morgan fingerprint density at radius 3 is 2.56 bits per heavy atom. The number of nitrogens with zero attached hydrogens (tertiary/aromatic N) is 3. The van der Waals surface area contributed by atoms with E-state index in [1.165, 1.54) is 51.0 Å². The lowest BCUT2D eigenvalue weighted by Gasteiger charge is -2.32. The van der Waals surface area contributed by atoms with Gasteiger partial charge in [-0.15, -0.1) is 0 Å². The van der Waals surface area contributed by atoms with Crippen molar-refractivity contribution in [2.75, 3.05) is 50.7 Å². The summed E-state index contributed by atoms with van der Waals surface area (Å²) < 4.78 is 0. The predicted octanol–water partition coefficient (Wildman–Crippen LogP) is 2.94. The minimum absolute atomic E-state index is 0.556. The van der Waals surface area contributed by atoms with Crippen LogP contribution < -0.4 is 15.5 Å². The molecule has 0 bridgehead atoms. The van der Waals surface area contributed by atoms with Crippen LogP contribution in [0.2, 0.25) is 0 Å². The molecule has 1 aromatic rings. The van der Waals surface area contributed by atoms with Gasteiger partial charge in [-0.25, -0.2) is 0 Å². The Morgan fingerprint density at radius 1 is 1.07 bits per heavy atom. The third-order valence-electron chi connectivity index (χ3n) is 5.73. The van der Waals surface area contributed by atoms with Crippen LogP contribution in [0, 0.1) is 5.92 Å². The molecule has 2 fully saturated rings. The zero-order chi connectivity index (χ0) is 18.9. The standard InChI is InChI=1S/C22H37N5/c1-3-13-26-14-11-20(12-15-26)25-22(23-4-2)24-17-19-10-16-27(18-19)21-8-6-5-7-9-21/h5-9,19-20H,3-4,10-18H2,1-2H3,(H2,23,24,25). The fraction of sp³-hybridized carbons (Fsp3) is 0.682. The quantitative estimate of drug-likeness (QED) is 0.571. The number of guanidine groups is 1. The molecule has 1 aromatic carbocycles. The molecule has 27 heavy (non-hydrogen) atoms. The highest BCUT2D eigenvalue weighted by atomic mass is 15.2. The first-order valence-electron chi connectivity index (χ1n) is 10.9. The van der Waals surface area contributed by atoms with E-state index >= 15 is 0 Å². The summed E-state index contributed by atoms with van der Waals surface area (Å²) in [5, 5.41) is 7.13. The van der Waals surface area contributed by atoms with Gasteiger partial charge in [-0.3, -0.25) is 4.99 Å². The number of rotatable bonds is 7. The fourth-order valence-electron chi connectivity index (χ4n) is 4.21. The summed E-state index contributed by atoms with van der Waals surface area (Å²) in [5.74, 6) is 1.65. The minimum Gasteiger partial charge on any atom is -0.371 e. The van der Waals surface area contributed by atoms with Crippen LogP contribution in [0.25, 0.3) is 0 Å². The lowest BCUT2D eigenvalue weighted by molar-refractivity contribution is 0.206. The molecule has 0 aromatic heterocycles. The second kappa shape index (κ2) is 10.5. The highest BCUT2D eigenvalue weighted by Crippen LogP contribution is 2.23. The van der Waals surface area contributed by atoms with Gasteiger partial charge in [-0.1, -0.05) is 25.1 Å². The van der Waals surface area contributed by atoms with Gasteiger partial charge in [0.1, 0.15) is 0 Å². The maximum absolute atomic E-state index is 4.93. The Kier molecular flexibility index (Phi) is 7.81. The Balaban J connectivity index is 1.46. The van der Waals surface area contributed by atoms with Gasteiger partial charge in [-0.05, 0) is 57.2 Å². The van der Waals surface area contributed by atoms with Gasteiger partial charge >= 0.3 is 0 Å². The van der Waals surface area contributed by atoms with Gasteiger partial charge in [0.05, 0.1) is 0 Å². The van der Waals surface area contributed by atoms with Crippen molar-refractivity contribution >= 4 is 11.6 Å². The molecule has 2 saturated heterocycles. The normalized spacial score (nSPS) is 22.2. The Labute approximate surface area is 165 Å². The van der Waals surface area contributed by atoms with Gasteiger partial charge in [-0.2, -0.15) is 0 Å². The van der Waals surface area contributed by atoms with Crippen LogP contribution in [0.15, 0.2) is 35.3 Å². The molecule has 0 spiro atoms. The molecule has 2 N–H and O–H groups in total. The van der Waals surface area contributed by atoms with Gasteiger partial charge in [0.25, 0.3) is 0 Å². The first-order valence-corrected chi connectivity index (χ1v) is 10.9. The zero-order valence-corrected chi connectivity index (χ0v) is 17.2. The van der Waals surface area contributed by atoms with E-state index in [0.29, 0.717) is 12.0 Å². The number of hydrogen-bond acceptors (Lipinski definition) is 3. The SMILES string of the molecule is CCCN1CCC(NC(=NCC2CCN(c3ccccc3)C2)NCC)CC1. The highest BCUT2D eigenvalue weighted by Gasteiger charge is 2.23. The number of nitrogens with one attached hydrogen (secondary N) is 2. The van der Waals surface area contributed by atoms with E-state index in [9.17, 15) is 0 Å². The molecule has 2 aliphatic heterocycles. The molecule has 0 saturated carbocycles. The van der Waals surface area contributed by atoms with E-state index in [4.69, 9.17) is 4.99 Å². The lowest BCUT2D eigenvalue weighted by atomic mass is 10.1. The molecule has 2 heterocycles. The molecule has 0 amide bonds. The third kappa shape index (κ3) is 6.13. The molecule has 1 unspecified atom stereocenters. The van der Waals surface area contributed by atoms with Crippen LogP contribution >= 0.6 is 0 Å². The van der Waals surface area contributed by atoms with E-state index < -0.39 is 0 Å². The van der Waals surface area contributed by atoms with Crippen molar-refractivity contribution in [1.82, 2.24) is 15.5 Å². The van der Waals surface area contributed by atoms with Crippen molar-refractivity contribution in [3.05, 3.63) is 30.3 Å². The van der Waals surface area contributed by atoms with E-state index in [0.717, 1.165) is 32.1 Å². The fourth-order valence-corrected chi connectivity index (χ4v) is 4.21. The number of para-hydroxylation sites is 1. The number of aliphatic imine (C=N–C) groups is 1. The summed E-state index contributed by atoms with van der Waals surface area (Å²) in [6.07, 6.45) is 4.92. The molecular weight excluding hydrogens is 334 g/mol. The summed E-state index contributed by atoms with van der Waals surface area (Å²) in [6, 6.07) is 11.3. The van der Waals surface area contributed by atoms with E-state index in [1.54, 1.807) is 0 Å². The average Bonchev–Trinajstić information content (AvgIpc) is 3.18. The largest absolute Gasteiger partial charge is 0.371 e. The minimum atomic E-state index is 0.556. The van der Waals surface area contributed by atoms with E-state index in [2.05, 4.69) is 64.6 Å². The summed E-state index contributed by atoms with van der Waals surface area (Å²) in [5.41, 5.74) is 1.34. The van der Waals surface area contributed by atoms with Gasteiger partial charge in [0, 0.05) is 51.0 Å². The maximum Gasteiger partial charge on any atom is 0.191 e. The van der Waals surface area contributed by atoms with Crippen LogP contribution in [0.5, 0.6) is 0 Å². The third-order valence-corrected chi connectivity index (χ3v) is 5.73. The van der Waals surface area contributed by atoms with E-state index in [-0.39, 0.29) is 0 Å². The number of likely N-dealkylation sites (tertiary alicyclic amines) is 1. The molecule has 0 radical (unpaired) electrons. The zero-order valence-electron chi connectivity index (χ0n) is 17.2. The molecule has 3 rings (SSSR count). The van der Waals surface area contributed by atoms with Crippen molar-refractivity contribution < 1.29 is 0 Å². The summed E-state index contributed by atoms with van der Waals surface area (Å²) in [6.45, 7) is 12.1. The first kappa shape index (κ1) is 20.0. The lowest BCUT2D eigenvalue weighted by Crippen LogP contribution is -2.48. The van der Waals surface area contributed by atoms with Crippen molar-refractivity contribution in [2.45, 2.75) is 45.6 Å². The van der Waals surface area contributed by atoms with Crippen LogP contribution in [0.4, 0.5) is 5.69 Å². The number of piperidine rings is 1. The maximum atomic E-state index is 4.93. The van der Waals surface area contributed by atoms with Crippen molar-refractivity contribution in [2.24, 2.45) is 10.9 Å².